The second kappa shape index (κ2) is 5.70. The van der Waals surface area contributed by atoms with Crippen LogP contribution in [0.4, 0.5) is 5.82 Å². The van der Waals surface area contributed by atoms with E-state index in [1.165, 1.54) is 25.7 Å². The molecule has 1 saturated carbocycles. The summed E-state index contributed by atoms with van der Waals surface area (Å²) in [6.07, 6.45) is 7.14. The third-order valence-electron chi connectivity index (χ3n) is 4.11. The molecule has 3 atom stereocenters. The van der Waals surface area contributed by atoms with Gasteiger partial charge in [-0.05, 0) is 43.4 Å². The predicted molar refractivity (Wildman–Crippen MR) is 76.7 cm³/mol. The van der Waals surface area contributed by atoms with Gasteiger partial charge in [-0.25, -0.2) is 4.98 Å². The first-order chi connectivity index (χ1) is 8.58. The molecule has 0 aromatic carbocycles. The Morgan fingerprint density at radius 2 is 2.22 bits per heavy atom. The van der Waals surface area contributed by atoms with Crippen molar-refractivity contribution in [1.82, 2.24) is 4.98 Å². The Labute approximate surface area is 110 Å². The normalized spacial score (nSPS) is 25.8. The molecular weight excluding hydrogens is 222 g/mol. The van der Waals surface area contributed by atoms with Crippen molar-refractivity contribution in [3.63, 3.8) is 0 Å². The van der Waals surface area contributed by atoms with Crippen LogP contribution in [0, 0.1) is 5.92 Å². The molecule has 1 aliphatic carbocycles. The molecule has 1 fully saturated rings. The fourth-order valence-corrected chi connectivity index (χ4v) is 2.85. The zero-order valence-electron chi connectivity index (χ0n) is 11.8. The summed E-state index contributed by atoms with van der Waals surface area (Å²) in [6.45, 7) is 4.37. The first-order valence-electron chi connectivity index (χ1n) is 7.02. The molecule has 2 N–H and O–H groups in total. The Hall–Kier alpha value is -1.09. The molecule has 3 unspecified atom stereocenters. The lowest BCUT2D eigenvalue weighted by Crippen LogP contribution is -2.36. The molecule has 1 heterocycles. The Bertz CT molecular complexity index is 389. The summed E-state index contributed by atoms with van der Waals surface area (Å²) in [4.78, 5) is 6.83. The van der Waals surface area contributed by atoms with Crippen LogP contribution in [0.25, 0.3) is 0 Å². The van der Waals surface area contributed by atoms with E-state index in [4.69, 9.17) is 5.73 Å². The highest BCUT2D eigenvalue weighted by Gasteiger charge is 2.23. The summed E-state index contributed by atoms with van der Waals surface area (Å²) in [7, 11) is 2.16. The third-order valence-corrected chi connectivity index (χ3v) is 4.11. The first-order valence-corrected chi connectivity index (χ1v) is 7.02. The van der Waals surface area contributed by atoms with Gasteiger partial charge in [0, 0.05) is 25.3 Å². The van der Waals surface area contributed by atoms with Gasteiger partial charge < -0.3 is 10.6 Å². The highest BCUT2D eigenvalue weighted by atomic mass is 15.2. The molecule has 2 rings (SSSR count). The van der Waals surface area contributed by atoms with Gasteiger partial charge >= 0.3 is 0 Å². The molecule has 0 saturated heterocycles. The molecule has 1 aliphatic rings. The lowest BCUT2D eigenvalue weighted by molar-refractivity contribution is 0.335. The van der Waals surface area contributed by atoms with Crippen molar-refractivity contribution in [2.24, 2.45) is 11.7 Å². The largest absolute Gasteiger partial charge is 0.357 e. The molecule has 1 aromatic heterocycles. The van der Waals surface area contributed by atoms with Gasteiger partial charge in [0.15, 0.2) is 0 Å². The molecule has 0 spiro atoms. The smallest absolute Gasteiger partial charge is 0.128 e. The van der Waals surface area contributed by atoms with E-state index in [-0.39, 0.29) is 6.04 Å². The van der Waals surface area contributed by atoms with E-state index in [0.29, 0.717) is 6.04 Å². The average Bonchev–Trinajstić information content (AvgIpc) is 2.38. The predicted octanol–water partition coefficient (Wildman–Crippen LogP) is 3.12. The number of hydrogen-bond acceptors (Lipinski definition) is 3. The monoisotopic (exact) mass is 247 g/mol. The van der Waals surface area contributed by atoms with Gasteiger partial charge in [-0.15, -0.1) is 0 Å². The fraction of sp³-hybridized carbons (Fsp3) is 0.667. The van der Waals surface area contributed by atoms with Crippen molar-refractivity contribution < 1.29 is 0 Å². The molecule has 3 heteroatoms. The van der Waals surface area contributed by atoms with Crippen LogP contribution >= 0.6 is 0 Å². The van der Waals surface area contributed by atoms with Crippen molar-refractivity contribution in [3.05, 3.63) is 23.9 Å². The van der Waals surface area contributed by atoms with E-state index < -0.39 is 0 Å². The summed E-state index contributed by atoms with van der Waals surface area (Å²) in [5.74, 6) is 1.90. The highest BCUT2D eigenvalue weighted by Crippen LogP contribution is 2.29. The standard InChI is InChI=1S/C15H25N3/c1-11-5-4-6-14(9-11)18(3)15-10-13(12(2)16)7-8-17-15/h7-8,10-12,14H,4-6,9,16H2,1-3H3. The number of hydrogen-bond donors (Lipinski definition) is 1. The summed E-state index contributed by atoms with van der Waals surface area (Å²) in [5, 5.41) is 0. The van der Waals surface area contributed by atoms with Gasteiger partial charge in [-0.3, -0.25) is 0 Å². The number of anilines is 1. The van der Waals surface area contributed by atoms with E-state index in [2.05, 4.69) is 29.9 Å². The third kappa shape index (κ3) is 3.02. The Morgan fingerprint density at radius 3 is 2.89 bits per heavy atom. The van der Waals surface area contributed by atoms with Crippen molar-refractivity contribution in [2.75, 3.05) is 11.9 Å². The van der Waals surface area contributed by atoms with Crippen LogP contribution in [0.3, 0.4) is 0 Å². The minimum Gasteiger partial charge on any atom is -0.357 e. The van der Waals surface area contributed by atoms with Gasteiger partial charge in [0.1, 0.15) is 5.82 Å². The zero-order chi connectivity index (χ0) is 13.1. The Kier molecular flexibility index (Phi) is 4.23. The molecule has 100 valence electrons. The summed E-state index contributed by atoms with van der Waals surface area (Å²) >= 11 is 0. The molecule has 3 nitrogen and oxygen atoms in total. The number of pyridine rings is 1. The van der Waals surface area contributed by atoms with Gasteiger partial charge in [0.2, 0.25) is 0 Å². The maximum absolute atomic E-state index is 5.94. The van der Waals surface area contributed by atoms with Crippen LogP contribution in [0.1, 0.15) is 51.1 Å². The van der Waals surface area contributed by atoms with Crippen molar-refractivity contribution in [2.45, 2.75) is 51.6 Å². The van der Waals surface area contributed by atoms with Crippen LogP contribution in [0.5, 0.6) is 0 Å². The summed E-state index contributed by atoms with van der Waals surface area (Å²) in [5.41, 5.74) is 7.10. The van der Waals surface area contributed by atoms with Crippen LogP contribution in [-0.2, 0) is 0 Å². The zero-order valence-corrected chi connectivity index (χ0v) is 11.8. The SMILES string of the molecule is CC1CCCC(N(C)c2cc(C(C)N)ccn2)C1. The van der Waals surface area contributed by atoms with Gasteiger partial charge in [-0.1, -0.05) is 19.8 Å². The van der Waals surface area contributed by atoms with Crippen molar-refractivity contribution >= 4 is 5.82 Å². The van der Waals surface area contributed by atoms with Crippen molar-refractivity contribution in [3.8, 4) is 0 Å². The van der Waals surface area contributed by atoms with E-state index in [1.807, 2.05) is 19.2 Å². The van der Waals surface area contributed by atoms with Gasteiger partial charge in [0.25, 0.3) is 0 Å². The topological polar surface area (TPSA) is 42.1 Å². The van der Waals surface area contributed by atoms with Crippen LogP contribution in [0.15, 0.2) is 18.3 Å². The second-order valence-electron chi connectivity index (χ2n) is 5.77. The lowest BCUT2D eigenvalue weighted by Gasteiger charge is -2.35. The Balaban J connectivity index is 2.12. The number of rotatable bonds is 3. The van der Waals surface area contributed by atoms with E-state index in [0.717, 1.165) is 17.3 Å². The van der Waals surface area contributed by atoms with Crippen LogP contribution in [0.2, 0.25) is 0 Å². The van der Waals surface area contributed by atoms with E-state index >= 15 is 0 Å². The number of aromatic nitrogens is 1. The molecular formula is C15H25N3. The van der Waals surface area contributed by atoms with Gasteiger partial charge in [0.05, 0.1) is 0 Å². The maximum Gasteiger partial charge on any atom is 0.128 e. The molecule has 18 heavy (non-hydrogen) atoms. The Morgan fingerprint density at radius 1 is 1.44 bits per heavy atom. The molecule has 0 aliphatic heterocycles. The highest BCUT2D eigenvalue weighted by molar-refractivity contribution is 5.42. The van der Waals surface area contributed by atoms with E-state index in [9.17, 15) is 0 Å². The molecule has 0 radical (unpaired) electrons. The quantitative estimate of drug-likeness (QED) is 0.892. The summed E-state index contributed by atoms with van der Waals surface area (Å²) < 4.78 is 0. The van der Waals surface area contributed by atoms with Crippen molar-refractivity contribution in [1.29, 1.82) is 0 Å². The van der Waals surface area contributed by atoms with Gasteiger partial charge in [-0.2, -0.15) is 0 Å². The maximum atomic E-state index is 5.94. The number of nitrogens with zero attached hydrogens (tertiary/aromatic N) is 2. The lowest BCUT2D eigenvalue weighted by atomic mass is 9.86. The fourth-order valence-electron chi connectivity index (χ4n) is 2.85. The minimum atomic E-state index is 0.0745. The molecule has 0 amide bonds. The molecule has 1 aromatic rings. The van der Waals surface area contributed by atoms with Crippen LogP contribution in [-0.4, -0.2) is 18.1 Å². The number of nitrogens with two attached hydrogens (primary N) is 1. The van der Waals surface area contributed by atoms with Crippen LogP contribution < -0.4 is 10.6 Å². The minimum absolute atomic E-state index is 0.0745. The second-order valence-corrected chi connectivity index (χ2v) is 5.77. The molecule has 0 bridgehead atoms. The van der Waals surface area contributed by atoms with E-state index in [1.54, 1.807) is 0 Å². The average molecular weight is 247 g/mol. The summed E-state index contributed by atoms with van der Waals surface area (Å²) in [6, 6.07) is 4.84. The first kappa shape index (κ1) is 13.3.